The summed E-state index contributed by atoms with van der Waals surface area (Å²) in [6, 6.07) is 16.6. The Kier molecular flexibility index (Phi) is 4.15. The van der Waals surface area contributed by atoms with Crippen molar-refractivity contribution in [2.45, 2.75) is 6.54 Å². The van der Waals surface area contributed by atoms with E-state index in [0.717, 1.165) is 10.8 Å². The Morgan fingerprint density at radius 3 is 2.65 bits per heavy atom. The monoisotopic (exact) mass is 307 g/mol. The fourth-order valence-corrected chi connectivity index (χ4v) is 2.52. The van der Waals surface area contributed by atoms with Crippen molar-refractivity contribution in [1.82, 2.24) is 0 Å². The predicted octanol–water partition coefficient (Wildman–Crippen LogP) is 3.88. The first kappa shape index (κ1) is 14.9. The highest BCUT2D eigenvalue weighted by atomic mass is 16.5. The zero-order chi connectivity index (χ0) is 16.2. The van der Waals surface area contributed by atoms with Gasteiger partial charge in [-0.3, -0.25) is 4.99 Å². The summed E-state index contributed by atoms with van der Waals surface area (Å²) in [6.45, 7) is 0.297. The molecule has 3 aromatic carbocycles. The zero-order valence-corrected chi connectivity index (χ0v) is 12.7. The summed E-state index contributed by atoms with van der Waals surface area (Å²) < 4.78 is 5.09. The lowest BCUT2D eigenvalue weighted by atomic mass is 10.0. The van der Waals surface area contributed by atoms with Gasteiger partial charge >= 0.3 is 0 Å². The highest BCUT2D eigenvalue weighted by molar-refractivity contribution is 6.02. The first-order valence-corrected chi connectivity index (χ1v) is 7.26. The van der Waals surface area contributed by atoms with Crippen LogP contribution in [0.2, 0.25) is 0 Å². The molecule has 3 aromatic rings. The number of methoxy groups -OCH3 is 1. The number of benzene rings is 3. The minimum atomic E-state index is 0.0919. The Hall–Kier alpha value is -3.01. The standard InChI is InChI=1S/C19H17NO3/c1-23-18-8-4-6-14(19(18)22)11-20-12-16-15-7-3-2-5-13(15)9-10-17(16)21/h2-10,12,21-22H,11H2,1H3. The minimum absolute atomic E-state index is 0.0919. The van der Waals surface area contributed by atoms with E-state index in [0.29, 0.717) is 23.4 Å². The van der Waals surface area contributed by atoms with E-state index >= 15 is 0 Å². The number of phenolic OH excluding ortho intramolecular Hbond substituents is 2. The third kappa shape index (κ3) is 2.97. The topological polar surface area (TPSA) is 62.0 Å². The molecule has 2 N–H and O–H groups in total. The molecule has 0 atom stereocenters. The largest absolute Gasteiger partial charge is 0.507 e. The quantitative estimate of drug-likeness (QED) is 0.719. The predicted molar refractivity (Wildman–Crippen MR) is 91.6 cm³/mol. The van der Waals surface area contributed by atoms with Gasteiger partial charge in [-0.2, -0.15) is 0 Å². The number of hydrogen-bond donors (Lipinski definition) is 2. The van der Waals surface area contributed by atoms with Crippen LogP contribution in [-0.2, 0) is 6.54 Å². The number of ether oxygens (including phenoxy) is 1. The molecule has 0 aliphatic carbocycles. The first-order chi connectivity index (χ1) is 11.2. The van der Waals surface area contributed by atoms with Gasteiger partial charge in [0.05, 0.1) is 13.7 Å². The van der Waals surface area contributed by atoms with Crippen LogP contribution < -0.4 is 4.74 Å². The number of aliphatic imine (C=N–C) groups is 1. The van der Waals surface area contributed by atoms with E-state index in [9.17, 15) is 10.2 Å². The van der Waals surface area contributed by atoms with Gasteiger partial charge in [0, 0.05) is 17.3 Å². The second-order valence-corrected chi connectivity index (χ2v) is 5.16. The third-order valence-corrected chi connectivity index (χ3v) is 3.73. The van der Waals surface area contributed by atoms with Crippen LogP contribution in [-0.4, -0.2) is 23.5 Å². The maximum absolute atomic E-state index is 10.1. The number of rotatable bonds is 4. The van der Waals surface area contributed by atoms with Crippen LogP contribution in [0, 0.1) is 0 Å². The second-order valence-electron chi connectivity index (χ2n) is 5.16. The van der Waals surface area contributed by atoms with Gasteiger partial charge in [0.1, 0.15) is 5.75 Å². The van der Waals surface area contributed by atoms with Gasteiger partial charge in [0.25, 0.3) is 0 Å². The van der Waals surface area contributed by atoms with Crippen molar-refractivity contribution in [3.8, 4) is 17.2 Å². The Bertz CT molecular complexity index is 872. The highest BCUT2D eigenvalue weighted by Gasteiger charge is 2.07. The van der Waals surface area contributed by atoms with Crippen molar-refractivity contribution >= 4 is 17.0 Å². The van der Waals surface area contributed by atoms with Crippen molar-refractivity contribution in [3.05, 3.63) is 65.7 Å². The van der Waals surface area contributed by atoms with Gasteiger partial charge in [-0.1, -0.05) is 42.5 Å². The second kappa shape index (κ2) is 6.40. The van der Waals surface area contributed by atoms with Crippen molar-refractivity contribution in [3.63, 3.8) is 0 Å². The molecule has 0 saturated carbocycles. The van der Waals surface area contributed by atoms with Crippen LogP contribution in [0.5, 0.6) is 17.2 Å². The molecule has 0 spiro atoms. The molecular weight excluding hydrogens is 290 g/mol. The molecule has 23 heavy (non-hydrogen) atoms. The molecule has 0 fully saturated rings. The number of nitrogens with zero attached hydrogens (tertiary/aromatic N) is 1. The first-order valence-electron chi connectivity index (χ1n) is 7.26. The van der Waals surface area contributed by atoms with Gasteiger partial charge < -0.3 is 14.9 Å². The molecule has 0 aliphatic rings. The average Bonchev–Trinajstić information content (AvgIpc) is 2.58. The van der Waals surface area contributed by atoms with Crippen LogP contribution in [0.25, 0.3) is 10.8 Å². The number of phenols is 2. The van der Waals surface area contributed by atoms with Crippen molar-refractivity contribution < 1.29 is 14.9 Å². The maximum atomic E-state index is 10.1. The zero-order valence-electron chi connectivity index (χ0n) is 12.7. The van der Waals surface area contributed by atoms with Crippen LogP contribution >= 0.6 is 0 Å². The fourth-order valence-electron chi connectivity index (χ4n) is 2.52. The summed E-state index contributed by atoms with van der Waals surface area (Å²) in [6.07, 6.45) is 1.64. The normalized spacial score (nSPS) is 11.2. The molecule has 0 aromatic heterocycles. The summed E-state index contributed by atoms with van der Waals surface area (Å²) in [5.41, 5.74) is 1.34. The Labute approximate surface area is 134 Å². The van der Waals surface area contributed by atoms with Crippen LogP contribution in [0.3, 0.4) is 0 Å². The molecule has 0 amide bonds. The molecule has 4 nitrogen and oxygen atoms in total. The summed E-state index contributed by atoms with van der Waals surface area (Å²) >= 11 is 0. The number of para-hydroxylation sites is 1. The van der Waals surface area contributed by atoms with E-state index in [1.807, 2.05) is 30.3 Å². The molecule has 0 unspecified atom stereocenters. The molecule has 0 radical (unpaired) electrons. The van der Waals surface area contributed by atoms with E-state index in [4.69, 9.17) is 4.74 Å². The molecule has 3 rings (SSSR count). The number of fused-ring (bicyclic) bond motifs is 1. The molecular formula is C19H17NO3. The van der Waals surface area contributed by atoms with E-state index < -0.39 is 0 Å². The average molecular weight is 307 g/mol. The van der Waals surface area contributed by atoms with Gasteiger partial charge in [0.2, 0.25) is 0 Å². The molecule has 0 saturated heterocycles. The lowest BCUT2D eigenvalue weighted by molar-refractivity contribution is 0.371. The van der Waals surface area contributed by atoms with E-state index in [1.165, 1.54) is 7.11 Å². The summed E-state index contributed by atoms with van der Waals surface area (Å²) in [5.74, 6) is 0.697. The maximum Gasteiger partial charge on any atom is 0.162 e. The van der Waals surface area contributed by atoms with E-state index in [-0.39, 0.29) is 11.5 Å². The summed E-state index contributed by atoms with van der Waals surface area (Å²) in [7, 11) is 1.51. The molecule has 0 aliphatic heterocycles. The minimum Gasteiger partial charge on any atom is -0.507 e. The van der Waals surface area contributed by atoms with E-state index in [2.05, 4.69) is 4.99 Å². The van der Waals surface area contributed by atoms with Crippen molar-refractivity contribution in [1.29, 1.82) is 0 Å². The Morgan fingerprint density at radius 2 is 1.83 bits per heavy atom. The molecule has 4 heteroatoms. The van der Waals surface area contributed by atoms with Crippen LogP contribution in [0.1, 0.15) is 11.1 Å². The van der Waals surface area contributed by atoms with Crippen molar-refractivity contribution in [2.75, 3.05) is 7.11 Å². The van der Waals surface area contributed by atoms with Crippen molar-refractivity contribution in [2.24, 2.45) is 4.99 Å². The third-order valence-electron chi connectivity index (χ3n) is 3.73. The van der Waals surface area contributed by atoms with E-state index in [1.54, 1.807) is 30.5 Å². The van der Waals surface area contributed by atoms with Gasteiger partial charge in [-0.25, -0.2) is 0 Å². The lowest BCUT2D eigenvalue weighted by Gasteiger charge is -2.07. The lowest BCUT2D eigenvalue weighted by Crippen LogP contribution is -1.90. The SMILES string of the molecule is COc1cccc(CN=Cc2c(O)ccc3ccccc23)c1O. The molecule has 0 bridgehead atoms. The van der Waals surface area contributed by atoms with Gasteiger partial charge in [-0.15, -0.1) is 0 Å². The number of hydrogen-bond acceptors (Lipinski definition) is 4. The van der Waals surface area contributed by atoms with Gasteiger partial charge in [-0.05, 0) is 22.9 Å². The van der Waals surface area contributed by atoms with Crippen LogP contribution in [0.4, 0.5) is 0 Å². The molecule has 0 heterocycles. The Balaban J connectivity index is 1.91. The highest BCUT2D eigenvalue weighted by Crippen LogP contribution is 2.30. The molecule has 116 valence electrons. The number of aromatic hydroxyl groups is 2. The Morgan fingerprint density at radius 1 is 1.00 bits per heavy atom. The smallest absolute Gasteiger partial charge is 0.162 e. The van der Waals surface area contributed by atoms with Crippen LogP contribution in [0.15, 0.2) is 59.6 Å². The summed E-state index contributed by atoms with van der Waals surface area (Å²) in [4.78, 5) is 4.36. The summed E-state index contributed by atoms with van der Waals surface area (Å²) in [5, 5.41) is 22.1. The van der Waals surface area contributed by atoms with Gasteiger partial charge in [0.15, 0.2) is 11.5 Å². The fraction of sp³-hybridized carbons (Fsp3) is 0.105.